The van der Waals surface area contributed by atoms with Gasteiger partial charge in [-0.05, 0) is 49.1 Å². The number of carbonyl (C=O) groups excluding carboxylic acids is 1. The van der Waals surface area contributed by atoms with Gasteiger partial charge < -0.3 is 14.2 Å². The number of imidazole rings is 1. The number of ether oxygens (including phenoxy) is 1. The Labute approximate surface area is 178 Å². The van der Waals surface area contributed by atoms with Crippen LogP contribution in [0.3, 0.4) is 0 Å². The van der Waals surface area contributed by atoms with Gasteiger partial charge in [0.1, 0.15) is 5.75 Å². The van der Waals surface area contributed by atoms with Crippen LogP contribution in [0.25, 0.3) is 11.0 Å². The standard InChI is InChI=1S/C23H24F3N3O2/c1-31-21-5-3-2-4-16(21)6-9-22(30)28-12-10-18(11-13-28)29-15-27-19-14-17(23(24,25)26)7-8-20(19)29/h2-5,7-8,14-15,18H,6,9-13H2,1H3. The number of hydrogen-bond donors (Lipinski definition) is 0. The van der Waals surface area contributed by atoms with Crippen molar-refractivity contribution in [2.45, 2.75) is 37.9 Å². The Morgan fingerprint density at radius 2 is 1.90 bits per heavy atom. The van der Waals surface area contributed by atoms with Gasteiger partial charge in [-0.25, -0.2) is 4.98 Å². The van der Waals surface area contributed by atoms with Crippen LogP contribution in [0, 0.1) is 0 Å². The van der Waals surface area contributed by atoms with Gasteiger partial charge in [-0.3, -0.25) is 4.79 Å². The molecule has 0 saturated carbocycles. The fourth-order valence-corrected chi connectivity index (χ4v) is 4.20. The lowest BCUT2D eigenvalue weighted by Crippen LogP contribution is -2.39. The molecule has 0 radical (unpaired) electrons. The summed E-state index contributed by atoms with van der Waals surface area (Å²) in [5, 5.41) is 0. The average molecular weight is 431 g/mol. The molecule has 1 aromatic heterocycles. The van der Waals surface area contributed by atoms with Crippen molar-refractivity contribution >= 4 is 16.9 Å². The number of aromatic nitrogens is 2. The highest BCUT2D eigenvalue weighted by Crippen LogP contribution is 2.33. The highest BCUT2D eigenvalue weighted by atomic mass is 19.4. The Balaban J connectivity index is 1.37. The highest BCUT2D eigenvalue weighted by Gasteiger charge is 2.31. The third kappa shape index (κ3) is 4.52. The predicted molar refractivity (Wildman–Crippen MR) is 111 cm³/mol. The number of carbonyl (C=O) groups is 1. The van der Waals surface area contributed by atoms with Gasteiger partial charge in [0.15, 0.2) is 0 Å². The molecule has 1 aliphatic rings. The molecule has 0 bridgehead atoms. The van der Waals surface area contributed by atoms with Gasteiger partial charge in [0, 0.05) is 25.6 Å². The van der Waals surface area contributed by atoms with Crippen LogP contribution < -0.4 is 4.74 Å². The van der Waals surface area contributed by atoms with E-state index in [1.165, 1.54) is 6.07 Å². The van der Waals surface area contributed by atoms with E-state index in [1.54, 1.807) is 13.4 Å². The first-order valence-corrected chi connectivity index (χ1v) is 10.3. The van der Waals surface area contributed by atoms with Crippen LogP contribution in [-0.4, -0.2) is 40.6 Å². The number of hydrogen-bond acceptors (Lipinski definition) is 3. The molecule has 0 unspecified atom stereocenters. The molecule has 1 fully saturated rings. The summed E-state index contributed by atoms with van der Waals surface area (Å²) >= 11 is 0. The SMILES string of the molecule is COc1ccccc1CCC(=O)N1CCC(n2cnc3cc(C(F)(F)F)ccc32)CC1. The first-order valence-electron chi connectivity index (χ1n) is 10.3. The molecule has 8 heteroatoms. The highest BCUT2D eigenvalue weighted by molar-refractivity contribution is 5.77. The fraction of sp³-hybridized carbons (Fsp3) is 0.391. The smallest absolute Gasteiger partial charge is 0.416 e. The van der Waals surface area contributed by atoms with Gasteiger partial charge in [-0.1, -0.05) is 18.2 Å². The summed E-state index contributed by atoms with van der Waals surface area (Å²) in [7, 11) is 1.62. The molecule has 164 valence electrons. The number of halogens is 3. The van der Waals surface area contributed by atoms with Crippen LogP contribution >= 0.6 is 0 Å². The van der Waals surface area contributed by atoms with Crippen molar-refractivity contribution in [1.82, 2.24) is 14.5 Å². The summed E-state index contributed by atoms with van der Waals surface area (Å²) in [5.74, 6) is 0.893. The summed E-state index contributed by atoms with van der Waals surface area (Å²) in [6.45, 7) is 1.24. The predicted octanol–water partition coefficient (Wildman–Crippen LogP) is 4.86. The molecule has 1 aliphatic heterocycles. The van der Waals surface area contributed by atoms with Gasteiger partial charge >= 0.3 is 6.18 Å². The Bertz CT molecular complexity index is 1070. The minimum atomic E-state index is -4.38. The summed E-state index contributed by atoms with van der Waals surface area (Å²) in [5.41, 5.74) is 1.34. The van der Waals surface area contributed by atoms with Crippen molar-refractivity contribution in [1.29, 1.82) is 0 Å². The van der Waals surface area contributed by atoms with Crippen molar-refractivity contribution in [3.63, 3.8) is 0 Å². The number of aryl methyl sites for hydroxylation is 1. The summed E-state index contributed by atoms with van der Waals surface area (Å²) in [6.07, 6.45) is -0.252. The van der Waals surface area contributed by atoms with E-state index in [4.69, 9.17) is 4.74 Å². The maximum atomic E-state index is 12.9. The van der Waals surface area contributed by atoms with Gasteiger partial charge in [-0.2, -0.15) is 13.2 Å². The number of fused-ring (bicyclic) bond motifs is 1. The normalized spacial score (nSPS) is 15.4. The fourth-order valence-electron chi connectivity index (χ4n) is 4.20. The number of nitrogens with zero attached hydrogens (tertiary/aromatic N) is 3. The third-order valence-corrected chi connectivity index (χ3v) is 5.91. The van der Waals surface area contributed by atoms with Gasteiger partial charge in [0.05, 0.1) is 30.0 Å². The molecule has 0 spiro atoms. The quantitative estimate of drug-likeness (QED) is 0.580. The number of para-hydroxylation sites is 1. The first-order chi connectivity index (χ1) is 14.9. The minimum absolute atomic E-state index is 0.106. The summed E-state index contributed by atoms with van der Waals surface area (Å²) in [4.78, 5) is 18.7. The zero-order valence-electron chi connectivity index (χ0n) is 17.2. The molecule has 0 atom stereocenters. The second-order valence-electron chi connectivity index (χ2n) is 7.78. The van der Waals surface area contributed by atoms with E-state index in [0.29, 0.717) is 37.0 Å². The molecule has 4 rings (SSSR count). The van der Waals surface area contributed by atoms with Crippen LogP contribution in [0.2, 0.25) is 0 Å². The number of likely N-dealkylation sites (tertiary alicyclic amines) is 1. The number of methoxy groups -OCH3 is 1. The van der Waals surface area contributed by atoms with Crippen LogP contribution in [0.15, 0.2) is 48.8 Å². The molecule has 2 aromatic carbocycles. The van der Waals surface area contributed by atoms with Crippen molar-refractivity contribution in [3.05, 3.63) is 59.9 Å². The maximum absolute atomic E-state index is 12.9. The van der Waals surface area contributed by atoms with E-state index in [-0.39, 0.29) is 11.9 Å². The molecule has 3 aromatic rings. The lowest BCUT2D eigenvalue weighted by atomic mass is 10.0. The van der Waals surface area contributed by atoms with Crippen LogP contribution in [0.4, 0.5) is 13.2 Å². The summed E-state index contributed by atoms with van der Waals surface area (Å²) < 4.78 is 46.1. The molecular formula is C23H24F3N3O2. The molecule has 1 saturated heterocycles. The number of piperidine rings is 1. The molecule has 0 aliphatic carbocycles. The van der Waals surface area contributed by atoms with Gasteiger partial charge in [-0.15, -0.1) is 0 Å². The zero-order valence-corrected chi connectivity index (χ0v) is 17.2. The first kappa shape index (κ1) is 21.2. The molecular weight excluding hydrogens is 407 g/mol. The number of rotatable bonds is 5. The molecule has 5 nitrogen and oxygen atoms in total. The lowest BCUT2D eigenvalue weighted by Gasteiger charge is -2.33. The van der Waals surface area contributed by atoms with E-state index >= 15 is 0 Å². The van der Waals surface area contributed by atoms with E-state index in [2.05, 4.69) is 4.98 Å². The van der Waals surface area contributed by atoms with Gasteiger partial charge in [0.25, 0.3) is 0 Å². The molecule has 1 amide bonds. The molecule has 0 N–H and O–H groups in total. The summed E-state index contributed by atoms with van der Waals surface area (Å²) in [6, 6.07) is 11.5. The van der Waals surface area contributed by atoms with Crippen LogP contribution in [0.5, 0.6) is 5.75 Å². The second-order valence-corrected chi connectivity index (χ2v) is 7.78. The van der Waals surface area contributed by atoms with Crippen LogP contribution in [0.1, 0.15) is 36.4 Å². The van der Waals surface area contributed by atoms with E-state index in [0.717, 1.165) is 36.3 Å². The van der Waals surface area contributed by atoms with Crippen molar-refractivity contribution in [3.8, 4) is 5.75 Å². The van der Waals surface area contributed by atoms with E-state index < -0.39 is 11.7 Å². The maximum Gasteiger partial charge on any atom is 0.416 e. The average Bonchev–Trinajstić information content (AvgIpc) is 3.20. The number of amides is 1. The molecule has 31 heavy (non-hydrogen) atoms. The van der Waals surface area contributed by atoms with Crippen molar-refractivity contribution in [2.75, 3.05) is 20.2 Å². The Morgan fingerprint density at radius 1 is 1.16 bits per heavy atom. The zero-order chi connectivity index (χ0) is 22.0. The van der Waals surface area contributed by atoms with Crippen molar-refractivity contribution < 1.29 is 22.7 Å². The Kier molecular flexibility index (Phi) is 5.89. The second kappa shape index (κ2) is 8.61. The Hall–Kier alpha value is -3.03. The number of alkyl halides is 3. The van der Waals surface area contributed by atoms with E-state index in [1.807, 2.05) is 33.7 Å². The Morgan fingerprint density at radius 3 is 2.61 bits per heavy atom. The van der Waals surface area contributed by atoms with Crippen LogP contribution in [-0.2, 0) is 17.4 Å². The lowest BCUT2D eigenvalue weighted by molar-refractivity contribution is -0.137. The monoisotopic (exact) mass is 431 g/mol. The van der Waals surface area contributed by atoms with Crippen molar-refractivity contribution in [2.24, 2.45) is 0 Å². The number of benzene rings is 2. The minimum Gasteiger partial charge on any atom is -0.496 e. The third-order valence-electron chi connectivity index (χ3n) is 5.91. The topological polar surface area (TPSA) is 47.4 Å². The van der Waals surface area contributed by atoms with E-state index in [9.17, 15) is 18.0 Å². The van der Waals surface area contributed by atoms with Gasteiger partial charge in [0.2, 0.25) is 5.91 Å². The molecule has 2 heterocycles. The largest absolute Gasteiger partial charge is 0.496 e.